The van der Waals surface area contributed by atoms with Crippen LogP contribution in [0.3, 0.4) is 0 Å². The lowest BCUT2D eigenvalue weighted by molar-refractivity contribution is 0.100. The average molecular weight is 295 g/mol. The number of carbonyl (C=O) groups excluding carboxylic acids is 1. The number of halogens is 1. The SMILES string of the molecule is CCOc1nc(Cl)nc(Oc2ccc(C(N)=O)cc2)n1. The number of aromatic nitrogens is 3. The summed E-state index contributed by atoms with van der Waals surface area (Å²) >= 11 is 5.74. The van der Waals surface area contributed by atoms with E-state index in [-0.39, 0.29) is 17.3 Å². The molecule has 0 saturated carbocycles. The van der Waals surface area contributed by atoms with Gasteiger partial charge in [-0.2, -0.15) is 9.97 Å². The first-order valence-electron chi connectivity index (χ1n) is 5.70. The summed E-state index contributed by atoms with van der Waals surface area (Å²) in [4.78, 5) is 22.5. The number of amides is 1. The molecule has 0 aliphatic rings. The number of hydrogen-bond donors (Lipinski definition) is 1. The van der Waals surface area contributed by atoms with Crippen LogP contribution in [0.15, 0.2) is 24.3 Å². The fraction of sp³-hybridized carbons (Fsp3) is 0.167. The average Bonchev–Trinajstić information content (AvgIpc) is 2.39. The minimum absolute atomic E-state index is 0.000255. The number of nitrogens with zero attached hydrogens (tertiary/aromatic N) is 3. The molecule has 2 rings (SSSR count). The molecule has 1 amide bonds. The van der Waals surface area contributed by atoms with Crippen molar-refractivity contribution in [1.82, 2.24) is 15.0 Å². The molecule has 1 aromatic heterocycles. The van der Waals surface area contributed by atoms with E-state index < -0.39 is 5.91 Å². The Hall–Kier alpha value is -2.41. The second-order valence-electron chi connectivity index (χ2n) is 3.59. The van der Waals surface area contributed by atoms with Crippen LogP contribution in [-0.4, -0.2) is 27.5 Å². The van der Waals surface area contributed by atoms with Crippen molar-refractivity contribution in [3.63, 3.8) is 0 Å². The molecule has 1 heterocycles. The number of rotatable bonds is 5. The van der Waals surface area contributed by atoms with Crippen LogP contribution in [-0.2, 0) is 0 Å². The maximum atomic E-state index is 10.9. The van der Waals surface area contributed by atoms with Gasteiger partial charge in [0.1, 0.15) is 5.75 Å². The summed E-state index contributed by atoms with van der Waals surface area (Å²) in [5.41, 5.74) is 5.52. The van der Waals surface area contributed by atoms with E-state index in [4.69, 9.17) is 26.8 Å². The van der Waals surface area contributed by atoms with E-state index in [1.165, 1.54) is 12.1 Å². The Morgan fingerprint density at radius 3 is 2.45 bits per heavy atom. The van der Waals surface area contributed by atoms with Gasteiger partial charge in [0.05, 0.1) is 6.61 Å². The lowest BCUT2D eigenvalue weighted by Crippen LogP contribution is -2.10. The van der Waals surface area contributed by atoms with Gasteiger partial charge < -0.3 is 15.2 Å². The minimum Gasteiger partial charge on any atom is -0.464 e. The van der Waals surface area contributed by atoms with Gasteiger partial charge in [-0.3, -0.25) is 4.79 Å². The third-order valence-electron chi connectivity index (χ3n) is 2.19. The zero-order valence-electron chi connectivity index (χ0n) is 10.5. The third-order valence-corrected chi connectivity index (χ3v) is 2.36. The standard InChI is InChI=1S/C12H11ClN4O3/c1-2-19-11-15-10(13)16-12(17-11)20-8-5-3-7(4-6-8)9(14)18/h3-6H,2H2,1H3,(H2,14,18). The molecule has 1 aromatic carbocycles. The van der Waals surface area contributed by atoms with Crippen molar-refractivity contribution < 1.29 is 14.3 Å². The number of primary amides is 1. The quantitative estimate of drug-likeness (QED) is 0.902. The van der Waals surface area contributed by atoms with Crippen molar-refractivity contribution in [3.05, 3.63) is 35.1 Å². The molecule has 104 valence electrons. The van der Waals surface area contributed by atoms with Crippen molar-refractivity contribution in [2.45, 2.75) is 6.92 Å². The summed E-state index contributed by atoms with van der Waals surface area (Å²) in [6.45, 7) is 2.19. The van der Waals surface area contributed by atoms with Crippen molar-refractivity contribution in [2.24, 2.45) is 5.73 Å². The molecule has 2 N–H and O–H groups in total. The molecule has 0 saturated heterocycles. The van der Waals surface area contributed by atoms with E-state index in [0.717, 1.165) is 0 Å². The molecule has 0 aliphatic heterocycles. The van der Waals surface area contributed by atoms with E-state index >= 15 is 0 Å². The summed E-state index contributed by atoms with van der Waals surface area (Å²) in [6.07, 6.45) is 0. The topological polar surface area (TPSA) is 100 Å². The molecule has 0 aliphatic carbocycles. The van der Waals surface area contributed by atoms with E-state index in [9.17, 15) is 4.79 Å². The molecule has 0 unspecified atom stereocenters. The Bertz CT molecular complexity index is 619. The second-order valence-corrected chi connectivity index (χ2v) is 3.93. The lowest BCUT2D eigenvalue weighted by atomic mass is 10.2. The first kappa shape index (κ1) is 14.0. The van der Waals surface area contributed by atoms with Crippen LogP contribution in [0.25, 0.3) is 0 Å². The molecule has 0 radical (unpaired) electrons. The fourth-order valence-corrected chi connectivity index (χ4v) is 1.49. The zero-order chi connectivity index (χ0) is 14.5. The summed E-state index contributed by atoms with van der Waals surface area (Å²) in [6, 6.07) is 6.28. The molecule has 20 heavy (non-hydrogen) atoms. The second kappa shape index (κ2) is 6.16. The van der Waals surface area contributed by atoms with Crippen molar-refractivity contribution >= 4 is 17.5 Å². The van der Waals surface area contributed by atoms with E-state index in [2.05, 4.69) is 15.0 Å². The summed E-state index contributed by atoms with van der Waals surface area (Å²) < 4.78 is 10.5. The molecular weight excluding hydrogens is 284 g/mol. The van der Waals surface area contributed by atoms with Gasteiger partial charge in [0, 0.05) is 5.56 Å². The predicted octanol–water partition coefficient (Wildman–Crippen LogP) is 1.81. The molecular formula is C12H11ClN4O3. The number of benzene rings is 1. The summed E-state index contributed by atoms with van der Waals surface area (Å²) in [5.74, 6) is -0.0851. The van der Waals surface area contributed by atoms with Crippen LogP contribution >= 0.6 is 11.6 Å². The minimum atomic E-state index is -0.515. The van der Waals surface area contributed by atoms with Crippen LogP contribution in [0.2, 0.25) is 5.28 Å². The van der Waals surface area contributed by atoms with Crippen molar-refractivity contribution in [1.29, 1.82) is 0 Å². The van der Waals surface area contributed by atoms with Gasteiger partial charge in [-0.1, -0.05) is 0 Å². The van der Waals surface area contributed by atoms with Crippen molar-refractivity contribution in [3.8, 4) is 17.8 Å². The third kappa shape index (κ3) is 3.55. The number of carbonyl (C=O) groups is 1. The Labute approximate surface area is 119 Å². The molecule has 0 fully saturated rings. The van der Waals surface area contributed by atoms with Gasteiger partial charge >= 0.3 is 12.0 Å². The monoisotopic (exact) mass is 294 g/mol. The van der Waals surface area contributed by atoms with Gasteiger partial charge in [-0.05, 0) is 42.8 Å². The van der Waals surface area contributed by atoms with E-state index in [0.29, 0.717) is 17.9 Å². The molecule has 0 spiro atoms. The Balaban J connectivity index is 2.18. The highest BCUT2D eigenvalue weighted by Crippen LogP contribution is 2.21. The van der Waals surface area contributed by atoms with Gasteiger partial charge in [0.15, 0.2) is 0 Å². The Kier molecular flexibility index (Phi) is 4.31. The molecule has 7 nitrogen and oxygen atoms in total. The van der Waals surface area contributed by atoms with E-state index in [1.807, 2.05) is 0 Å². The highest BCUT2D eigenvalue weighted by molar-refractivity contribution is 6.28. The largest absolute Gasteiger partial charge is 0.464 e. The molecule has 0 atom stereocenters. The first-order chi connectivity index (χ1) is 9.58. The molecule has 0 bridgehead atoms. The summed E-state index contributed by atoms with van der Waals surface area (Å²) in [5, 5.41) is -0.0350. The number of nitrogens with two attached hydrogens (primary N) is 1. The highest BCUT2D eigenvalue weighted by atomic mass is 35.5. The van der Waals surface area contributed by atoms with Crippen LogP contribution < -0.4 is 15.2 Å². The zero-order valence-corrected chi connectivity index (χ0v) is 11.3. The van der Waals surface area contributed by atoms with Gasteiger partial charge in [0.25, 0.3) is 0 Å². The molecule has 8 heteroatoms. The predicted molar refractivity (Wildman–Crippen MR) is 71.0 cm³/mol. The Morgan fingerprint density at radius 2 is 1.85 bits per heavy atom. The highest BCUT2D eigenvalue weighted by Gasteiger charge is 2.08. The maximum absolute atomic E-state index is 10.9. The number of ether oxygens (including phenoxy) is 2. The number of hydrogen-bond acceptors (Lipinski definition) is 6. The molecule has 2 aromatic rings. The summed E-state index contributed by atoms with van der Waals surface area (Å²) in [7, 11) is 0. The van der Waals surface area contributed by atoms with E-state index in [1.54, 1.807) is 19.1 Å². The van der Waals surface area contributed by atoms with Gasteiger partial charge in [-0.15, -0.1) is 4.98 Å². The smallest absolute Gasteiger partial charge is 0.329 e. The van der Waals surface area contributed by atoms with Gasteiger partial charge in [0.2, 0.25) is 11.2 Å². The fourth-order valence-electron chi connectivity index (χ4n) is 1.35. The van der Waals surface area contributed by atoms with Crippen LogP contribution in [0.1, 0.15) is 17.3 Å². The van der Waals surface area contributed by atoms with Gasteiger partial charge in [-0.25, -0.2) is 0 Å². The maximum Gasteiger partial charge on any atom is 0.329 e. The first-order valence-corrected chi connectivity index (χ1v) is 6.08. The van der Waals surface area contributed by atoms with Crippen LogP contribution in [0.5, 0.6) is 17.8 Å². The van der Waals surface area contributed by atoms with Crippen LogP contribution in [0.4, 0.5) is 0 Å². The normalized spacial score (nSPS) is 10.1. The van der Waals surface area contributed by atoms with Crippen molar-refractivity contribution in [2.75, 3.05) is 6.61 Å². The lowest BCUT2D eigenvalue weighted by Gasteiger charge is -2.06. The Morgan fingerprint density at radius 1 is 1.20 bits per heavy atom. The van der Waals surface area contributed by atoms with Crippen LogP contribution in [0, 0.1) is 0 Å².